The summed E-state index contributed by atoms with van der Waals surface area (Å²) >= 11 is 0. The van der Waals surface area contributed by atoms with Crippen LogP contribution < -0.4 is 4.74 Å². The molecule has 1 N–H and O–H groups in total. The van der Waals surface area contributed by atoms with E-state index < -0.39 is 12.1 Å². The van der Waals surface area contributed by atoms with Crippen LogP contribution in [0.25, 0.3) is 0 Å². The number of hydrogen-bond acceptors (Lipinski definition) is 6. The Morgan fingerprint density at radius 1 is 1.16 bits per heavy atom. The first kappa shape index (κ1) is 25.9. The van der Waals surface area contributed by atoms with Crippen LogP contribution in [0, 0.1) is 17.8 Å². The third-order valence-electron chi connectivity index (χ3n) is 6.33. The fourth-order valence-electron chi connectivity index (χ4n) is 4.09. The molecule has 8 nitrogen and oxygen atoms in total. The van der Waals surface area contributed by atoms with Gasteiger partial charge in [0, 0.05) is 43.0 Å². The summed E-state index contributed by atoms with van der Waals surface area (Å²) in [5.41, 5.74) is 2.04. The normalized spacial score (nSPS) is 17.8. The number of carbonyl (C=O) groups excluding carboxylic acids is 2. The van der Waals surface area contributed by atoms with E-state index in [2.05, 4.69) is 21.8 Å². The summed E-state index contributed by atoms with van der Waals surface area (Å²) in [4.78, 5) is 38.3. The molecule has 0 bridgehead atoms. The van der Waals surface area contributed by atoms with E-state index in [9.17, 15) is 14.7 Å². The van der Waals surface area contributed by atoms with Gasteiger partial charge in [-0.1, -0.05) is 43.0 Å². The summed E-state index contributed by atoms with van der Waals surface area (Å²) in [6.45, 7) is 4.18. The van der Waals surface area contributed by atoms with Gasteiger partial charge in [-0.3, -0.25) is 14.6 Å². The number of hydrogen-bond donors (Lipinski definition) is 1. The number of aromatic nitrogens is 2. The van der Waals surface area contributed by atoms with Gasteiger partial charge in [-0.15, -0.1) is 0 Å². The number of benzene rings is 1. The van der Waals surface area contributed by atoms with Gasteiger partial charge in [-0.05, 0) is 37.3 Å². The first-order valence-electron chi connectivity index (χ1n) is 12.2. The Labute approximate surface area is 216 Å². The zero-order chi connectivity index (χ0) is 26.4. The molecule has 8 heteroatoms. The van der Waals surface area contributed by atoms with Crippen molar-refractivity contribution in [3.05, 3.63) is 89.4 Å². The Kier molecular flexibility index (Phi) is 8.16. The largest absolute Gasteiger partial charge is 0.472 e. The summed E-state index contributed by atoms with van der Waals surface area (Å²) in [5, 5.41) is 9.85. The standard InChI is InChI=1S/C29H30N4O4/c1-20-17-33(21(2)19-34)28(35)24-15-23(13-12-22-9-5-4-6-10-22)16-31-27(24)37-26(20)18-32(3)29(36)25-11-7-8-14-30-25/h4-11,14-16,20-21,26,34H,17-19H2,1-3H3/t20-,21+,26+/m1/s1. The molecular weight excluding hydrogens is 468 g/mol. The zero-order valence-corrected chi connectivity index (χ0v) is 21.2. The molecule has 0 aliphatic carbocycles. The lowest BCUT2D eigenvalue weighted by atomic mass is 9.99. The monoisotopic (exact) mass is 498 g/mol. The van der Waals surface area contributed by atoms with E-state index in [4.69, 9.17) is 4.74 Å². The average Bonchev–Trinajstić information content (AvgIpc) is 2.94. The van der Waals surface area contributed by atoms with Crippen molar-refractivity contribution in [3.63, 3.8) is 0 Å². The highest BCUT2D eigenvalue weighted by atomic mass is 16.5. The minimum absolute atomic E-state index is 0.149. The lowest BCUT2D eigenvalue weighted by molar-refractivity contribution is 0.0312. The van der Waals surface area contributed by atoms with Crippen LogP contribution >= 0.6 is 0 Å². The number of likely N-dealkylation sites (N-methyl/N-ethyl adjacent to an activating group) is 1. The van der Waals surface area contributed by atoms with Crippen molar-refractivity contribution in [2.75, 3.05) is 26.7 Å². The summed E-state index contributed by atoms with van der Waals surface area (Å²) in [7, 11) is 1.70. The number of aliphatic hydroxyl groups is 1. The highest BCUT2D eigenvalue weighted by Crippen LogP contribution is 2.27. The number of amides is 2. The third kappa shape index (κ3) is 6.13. The third-order valence-corrected chi connectivity index (χ3v) is 6.33. The van der Waals surface area contributed by atoms with Gasteiger partial charge in [0.25, 0.3) is 11.8 Å². The Morgan fingerprint density at radius 3 is 2.59 bits per heavy atom. The first-order valence-corrected chi connectivity index (χ1v) is 12.2. The van der Waals surface area contributed by atoms with E-state index in [1.54, 1.807) is 60.4 Å². The predicted molar refractivity (Wildman–Crippen MR) is 139 cm³/mol. The van der Waals surface area contributed by atoms with Crippen LogP contribution in [0.4, 0.5) is 0 Å². The number of aliphatic hydroxyl groups excluding tert-OH is 1. The van der Waals surface area contributed by atoms with Crippen molar-refractivity contribution in [3.8, 4) is 17.7 Å². The van der Waals surface area contributed by atoms with Crippen LogP contribution in [0.15, 0.2) is 67.0 Å². The first-order chi connectivity index (χ1) is 17.9. The summed E-state index contributed by atoms with van der Waals surface area (Å²) < 4.78 is 6.27. The molecule has 1 aromatic carbocycles. The summed E-state index contributed by atoms with van der Waals surface area (Å²) in [6.07, 6.45) is 2.70. The van der Waals surface area contributed by atoms with Crippen molar-refractivity contribution < 1.29 is 19.4 Å². The maximum atomic E-state index is 13.6. The fraction of sp³-hybridized carbons (Fsp3) is 0.310. The number of ether oxygens (including phenoxy) is 1. The minimum atomic E-state index is -0.452. The quantitative estimate of drug-likeness (QED) is 0.544. The molecule has 2 amide bonds. The maximum absolute atomic E-state index is 13.6. The summed E-state index contributed by atoms with van der Waals surface area (Å²) in [5.74, 6) is 5.67. The molecule has 0 radical (unpaired) electrons. The van der Waals surface area contributed by atoms with Gasteiger partial charge in [0.2, 0.25) is 5.88 Å². The molecule has 0 unspecified atom stereocenters. The molecule has 1 aliphatic heterocycles. The zero-order valence-electron chi connectivity index (χ0n) is 21.2. The van der Waals surface area contributed by atoms with Gasteiger partial charge in [0.05, 0.1) is 19.2 Å². The van der Waals surface area contributed by atoms with Gasteiger partial charge in [0.1, 0.15) is 17.4 Å². The molecule has 0 saturated carbocycles. The number of pyridine rings is 2. The smallest absolute Gasteiger partial charge is 0.272 e. The number of nitrogens with zero attached hydrogens (tertiary/aromatic N) is 4. The van der Waals surface area contributed by atoms with Crippen LogP contribution in [0.3, 0.4) is 0 Å². The van der Waals surface area contributed by atoms with E-state index >= 15 is 0 Å². The Morgan fingerprint density at radius 2 is 1.89 bits per heavy atom. The average molecular weight is 499 g/mol. The van der Waals surface area contributed by atoms with Crippen molar-refractivity contribution in [1.29, 1.82) is 0 Å². The molecule has 3 heterocycles. The topological polar surface area (TPSA) is 95.9 Å². The second kappa shape index (κ2) is 11.7. The van der Waals surface area contributed by atoms with E-state index in [1.165, 1.54) is 0 Å². The van der Waals surface area contributed by atoms with Gasteiger partial charge in [-0.2, -0.15) is 0 Å². The van der Waals surface area contributed by atoms with Crippen LogP contribution in [-0.4, -0.2) is 75.6 Å². The molecule has 37 heavy (non-hydrogen) atoms. The van der Waals surface area contributed by atoms with Crippen LogP contribution in [0.1, 0.15) is 45.8 Å². The lowest BCUT2D eigenvalue weighted by Crippen LogP contribution is -2.50. The van der Waals surface area contributed by atoms with Crippen molar-refractivity contribution >= 4 is 11.8 Å². The van der Waals surface area contributed by atoms with Crippen molar-refractivity contribution in [2.24, 2.45) is 5.92 Å². The molecule has 3 atom stereocenters. The van der Waals surface area contributed by atoms with Gasteiger partial charge >= 0.3 is 0 Å². The fourth-order valence-corrected chi connectivity index (χ4v) is 4.09. The van der Waals surface area contributed by atoms with Crippen LogP contribution in [0.2, 0.25) is 0 Å². The predicted octanol–water partition coefficient (Wildman–Crippen LogP) is 2.87. The number of fused-ring (bicyclic) bond motifs is 1. The Hall–Kier alpha value is -4.22. The second-order valence-electron chi connectivity index (χ2n) is 9.22. The Balaban J connectivity index is 1.65. The highest BCUT2D eigenvalue weighted by Gasteiger charge is 2.34. The molecular formula is C29H30N4O4. The molecule has 3 aromatic rings. The van der Waals surface area contributed by atoms with Crippen molar-refractivity contribution in [2.45, 2.75) is 26.0 Å². The molecule has 4 rings (SSSR count). The van der Waals surface area contributed by atoms with E-state index in [1.807, 2.05) is 37.3 Å². The van der Waals surface area contributed by atoms with Gasteiger partial charge < -0.3 is 19.6 Å². The molecule has 0 fully saturated rings. The number of carbonyl (C=O) groups is 2. The van der Waals surface area contributed by atoms with Gasteiger partial charge in [-0.25, -0.2) is 4.98 Å². The SMILES string of the molecule is C[C@@H]1CN([C@@H](C)CO)C(=O)c2cc(C#Cc3ccccc3)cnc2O[C@H]1CN(C)C(=O)c1ccccn1. The van der Waals surface area contributed by atoms with Crippen LogP contribution in [0.5, 0.6) is 5.88 Å². The van der Waals surface area contributed by atoms with Crippen LogP contribution in [-0.2, 0) is 0 Å². The molecule has 190 valence electrons. The van der Waals surface area contributed by atoms with E-state index in [0.717, 1.165) is 5.56 Å². The Bertz CT molecular complexity index is 1300. The van der Waals surface area contributed by atoms with Gasteiger partial charge in [0.15, 0.2) is 0 Å². The molecule has 1 aliphatic rings. The highest BCUT2D eigenvalue weighted by molar-refractivity contribution is 5.97. The summed E-state index contributed by atoms with van der Waals surface area (Å²) in [6, 6.07) is 16.0. The van der Waals surface area contributed by atoms with E-state index in [0.29, 0.717) is 17.8 Å². The second-order valence-corrected chi connectivity index (χ2v) is 9.22. The maximum Gasteiger partial charge on any atom is 0.272 e. The molecule has 2 aromatic heterocycles. The molecule has 0 spiro atoms. The number of rotatable bonds is 5. The molecule has 0 saturated heterocycles. The lowest BCUT2D eigenvalue weighted by Gasteiger charge is -2.37. The van der Waals surface area contributed by atoms with Crippen molar-refractivity contribution in [1.82, 2.24) is 19.8 Å². The minimum Gasteiger partial charge on any atom is -0.472 e. The van der Waals surface area contributed by atoms with E-state index in [-0.39, 0.29) is 42.3 Å².